The van der Waals surface area contributed by atoms with Crippen molar-refractivity contribution in [3.8, 4) is 11.1 Å². The molecule has 3 rings (SSSR count). The molecule has 0 aromatic carbocycles. The minimum absolute atomic E-state index is 0.0354. The van der Waals surface area contributed by atoms with Gasteiger partial charge in [0, 0.05) is 36.6 Å². The Hall–Kier alpha value is -2.41. The van der Waals surface area contributed by atoms with Crippen LogP contribution < -0.4 is 4.90 Å². The van der Waals surface area contributed by atoms with E-state index in [0.717, 1.165) is 35.6 Å². The molecule has 1 N–H and O–H groups in total. The van der Waals surface area contributed by atoms with Crippen molar-refractivity contribution in [3.63, 3.8) is 0 Å². The van der Waals surface area contributed by atoms with Crippen molar-refractivity contribution in [3.05, 3.63) is 31.0 Å². The van der Waals surface area contributed by atoms with Gasteiger partial charge in [-0.1, -0.05) is 0 Å². The number of nitrogens with zero attached hydrogens (tertiary/aromatic N) is 6. The van der Waals surface area contributed by atoms with Crippen LogP contribution in [0, 0.1) is 0 Å². The summed E-state index contributed by atoms with van der Waals surface area (Å²) in [5.74, 6) is 0.937. The van der Waals surface area contributed by atoms with E-state index in [9.17, 15) is 5.11 Å². The van der Waals surface area contributed by atoms with Crippen LogP contribution in [0.2, 0.25) is 0 Å². The van der Waals surface area contributed by atoms with Gasteiger partial charge in [-0.05, 0) is 26.8 Å². The van der Waals surface area contributed by atoms with Gasteiger partial charge in [0.2, 0.25) is 0 Å². The smallest absolute Gasteiger partial charge is 0.156 e. The fraction of sp³-hybridized carbons (Fsp3) is 0.438. The fourth-order valence-electron chi connectivity index (χ4n) is 2.65. The molecule has 0 saturated heterocycles. The van der Waals surface area contributed by atoms with E-state index in [1.54, 1.807) is 11.0 Å². The predicted molar refractivity (Wildman–Crippen MR) is 89.6 cm³/mol. The molecule has 3 aromatic heterocycles. The van der Waals surface area contributed by atoms with Crippen molar-refractivity contribution in [2.24, 2.45) is 0 Å². The Morgan fingerprint density at radius 2 is 1.96 bits per heavy atom. The van der Waals surface area contributed by atoms with Gasteiger partial charge in [-0.15, -0.1) is 0 Å². The van der Waals surface area contributed by atoms with Gasteiger partial charge in [0.25, 0.3) is 0 Å². The number of aliphatic hydroxyl groups excluding tert-OH is 1. The third-order valence-corrected chi connectivity index (χ3v) is 4.10. The van der Waals surface area contributed by atoms with E-state index in [1.165, 1.54) is 0 Å². The summed E-state index contributed by atoms with van der Waals surface area (Å²) >= 11 is 0. The highest BCUT2D eigenvalue weighted by Gasteiger charge is 2.14. The Morgan fingerprint density at radius 3 is 2.65 bits per heavy atom. The first-order valence-corrected chi connectivity index (χ1v) is 7.91. The number of rotatable bonds is 6. The Bertz CT molecular complexity index is 789. The molecule has 0 aliphatic carbocycles. The van der Waals surface area contributed by atoms with Gasteiger partial charge in [-0.3, -0.25) is 4.68 Å². The van der Waals surface area contributed by atoms with Crippen LogP contribution in [0.3, 0.4) is 0 Å². The number of fused-ring (bicyclic) bond motifs is 1. The van der Waals surface area contributed by atoms with Crippen molar-refractivity contribution in [2.75, 3.05) is 24.6 Å². The zero-order chi connectivity index (χ0) is 16.4. The number of aliphatic hydroxyl groups is 1. The molecule has 0 spiro atoms. The molecule has 3 heterocycles. The minimum atomic E-state index is -0.0354. The lowest BCUT2D eigenvalue weighted by Crippen LogP contribution is -2.23. The highest BCUT2D eigenvalue weighted by atomic mass is 16.3. The molecular formula is C16H22N6O. The summed E-state index contributed by atoms with van der Waals surface area (Å²) < 4.78 is 3.62. The average Bonchev–Trinajstić information content (AvgIpc) is 3.22. The molecular weight excluding hydrogens is 292 g/mol. The van der Waals surface area contributed by atoms with Gasteiger partial charge in [0.15, 0.2) is 5.82 Å². The summed E-state index contributed by atoms with van der Waals surface area (Å²) in [4.78, 5) is 6.65. The molecule has 122 valence electrons. The molecule has 0 fully saturated rings. The lowest BCUT2D eigenvalue weighted by Gasteiger charge is -2.19. The second-order valence-corrected chi connectivity index (χ2v) is 5.56. The second kappa shape index (κ2) is 6.37. The maximum absolute atomic E-state index is 9.25. The van der Waals surface area contributed by atoms with Crippen LogP contribution in [0.1, 0.15) is 26.8 Å². The summed E-state index contributed by atoms with van der Waals surface area (Å²) in [7, 11) is 0. The summed E-state index contributed by atoms with van der Waals surface area (Å²) in [6, 6.07) is 2.05. The maximum Gasteiger partial charge on any atom is 0.156 e. The molecule has 0 amide bonds. The summed E-state index contributed by atoms with van der Waals surface area (Å²) in [6.07, 6.45) is 7.32. The third kappa shape index (κ3) is 2.79. The average molecular weight is 314 g/mol. The summed E-state index contributed by atoms with van der Waals surface area (Å²) in [5, 5.41) is 17.9. The standard InChI is InChI=1S/C16H22N6O/c1-4-20(5-2)16-15-6-13(8-22(15)19-11-17-16)14-7-18-21(9-14)12(3)10-23/h6-9,11-12,23H,4-5,10H2,1-3H3/t12-/m1/s1. The molecule has 7 nitrogen and oxygen atoms in total. The van der Waals surface area contributed by atoms with Crippen LogP contribution in [0.5, 0.6) is 0 Å². The number of anilines is 1. The van der Waals surface area contributed by atoms with Crippen LogP contribution >= 0.6 is 0 Å². The molecule has 0 radical (unpaired) electrons. The molecule has 0 aliphatic rings. The van der Waals surface area contributed by atoms with Gasteiger partial charge in [-0.25, -0.2) is 9.50 Å². The number of hydrogen-bond donors (Lipinski definition) is 1. The molecule has 0 saturated carbocycles. The Balaban J connectivity index is 2.03. The topological polar surface area (TPSA) is 71.5 Å². The highest BCUT2D eigenvalue weighted by molar-refractivity contribution is 5.77. The highest BCUT2D eigenvalue weighted by Crippen LogP contribution is 2.26. The predicted octanol–water partition coefficient (Wildman–Crippen LogP) is 1.99. The van der Waals surface area contributed by atoms with Crippen molar-refractivity contribution < 1.29 is 5.11 Å². The van der Waals surface area contributed by atoms with Gasteiger partial charge in [-0.2, -0.15) is 10.2 Å². The molecule has 1 atom stereocenters. The van der Waals surface area contributed by atoms with Crippen LogP contribution in [-0.4, -0.2) is 49.2 Å². The Morgan fingerprint density at radius 1 is 1.17 bits per heavy atom. The van der Waals surface area contributed by atoms with E-state index >= 15 is 0 Å². The zero-order valence-electron chi connectivity index (χ0n) is 13.7. The van der Waals surface area contributed by atoms with Crippen LogP contribution in [0.25, 0.3) is 16.6 Å². The third-order valence-electron chi connectivity index (χ3n) is 4.10. The van der Waals surface area contributed by atoms with Gasteiger partial charge < -0.3 is 10.0 Å². The molecule has 0 unspecified atom stereocenters. The van der Waals surface area contributed by atoms with E-state index in [0.29, 0.717) is 0 Å². The Kier molecular flexibility index (Phi) is 4.29. The minimum Gasteiger partial charge on any atom is -0.394 e. The SMILES string of the molecule is CCN(CC)c1ncnn2cc(-c3cnn([C@H](C)CO)c3)cc12. The van der Waals surface area contributed by atoms with Crippen LogP contribution in [0.15, 0.2) is 31.0 Å². The quantitative estimate of drug-likeness (QED) is 0.753. The van der Waals surface area contributed by atoms with E-state index in [2.05, 4.69) is 40.0 Å². The number of hydrogen-bond acceptors (Lipinski definition) is 5. The van der Waals surface area contributed by atoms with Gasteiger partial charge >= 0.3 is 0 Å². The summed E-state index contributed by atoms with van der Waals surface area (Å²) in [6.45, 7) is 8.03. The van der Waals surface area contributed by atoms with E-state index in [1.807, 2.05) is 30.0 Å². The lowest BCUT2D eigenvalue weighted by molar-refractivity contribution is 0.230. The first-order valence-electron chi connectivity index (χ1n) is 7.91. The summed E-state index contributed by atoms with van der Waals surface area (Å²) in [5.41, 5.74) is 3.02. The first kappa shape index (κ1) is 15.5. The van der Waals surface area contributed by atoms with Crippen molar-refractivity contribution in [2.45, 2.75) is 26.8 Å². The number of aromatic nitrogens is 5. The molecule has 23 heavy (non-hydrogen) atoms. The zero-order valence-corrected chi connectivity index (χ0v) is 13.7. The van der Waals surface area contributed by atoms with E-state index in [-0.39, 0.29) is 12.6 Å². The van der Waals surface area contributed by atoms with E-state index < -0.39 is 0 Å². The first-order chi connectivity index (χ1) is 11.2. The largest absolute Gasteiger partial charge is 0.394 e. The normalized spacial score (nSPS) is 12.7. The van der Waals surface area contributed by atoms with Crippen molar-refractivity contribution in [1.29, 1.82) is 0 Å². The Labute approximate surface area is 135 Å². The fourth-order valence-corrected chi connectivity index (χ4v) is 2.65. The molecule has 0 bridgehead atoms. The maximum atomic E-state index is 9.25. The monoisotopic (exact) mass is 314 g/mol. The van der Waals surface area contributed by atoms with Gasteiger partial charge in [0.1, 0.15) is 11.8 Å². The van der Waals surface area contributed by atoms with Crippen molar-refractivity contribution in [1.82, 2.24) is 24.4 Å². The van der Waals surface area contributed by atoms with Crippen molar-refractivity contribution >= 4 is 11.3 Å². The van der Waals surface area contributed by atoms with E-state index in [4.69, 9.17) is 0 Å². The molecule has 7 heteroatoms. The van der Waals surface area contributed by atoms with Crippen LogP contribution in [0.4, 0.5) is 5.82 Å². The molecule has 0 aliphatic heterocycles. The van der Waals surface area contributed by atoms with Gasteiger partial charge in [0.05, 0.1) is 18.8 Å². The van der Waals surface area contributed by atoms with Crippen LogP contribution in [-0.2, 0) is 0 Å². The molecule has 3 aromatic rings. The second-order valence-electron chi connectivity index (χ2n) is 5.56. The lowest BCUT2D eigenvalue weighted by atomic mass is 10.2.